The molecule has 1 aromatic rings. The quantitative estimate of drug-likeness (QED) is 0.662. The maximum atomic E-state index is 13.4. The van der Waals surface area contributed by atoms with Crippen molar-refractivity contribution >= 4 is 23.5 Å². The fraction of sp³-hybridized carbons (Fsp3) is 0.654. The Labute approximate surface area is 208 Å². The molecule has 2 aliphatic rings. The zero-order chi connectivity index (χ0) is 25.5. The van der Waals surface area contributed by atoms with Crippen molar-refractivity contribution in [3.05, 3.63) is 23.8 Å². The molecule has 0 spiro atoms. The van der Waals surface area contributed by atoms with Gasteiger partial charge in [0.05, 0.1) is 17.7 Å². The third-order valence-electron chi connectivity index (χ3n) is 6.98. The molecule has 2 N–H and O–H groups in total. The van der Waals surface area contributed by atoms with Crippen LogP contribution in [0.15, 0.2) is 18.2 Å². The Hall–Kier alpha value is -2.81. The molecular weight excluding hydrogens is 448 g/mol. The van der Waals surface area contributed by atoms with Gasteiger partial charge in [0.15, 0.2) is 0 Å². The van der Waals surface area contributed by atoms with Gasteiger partial charge in [-0.05, 0) is 44.4 Å². The second kappa shape index (κ2) is 12.2. The molecule has 3 atom stereocenters. The average molecular weight is 489 g/mol. The van der Waals surface area contributed by atoms with E-state index in [9.17, 15) is 14.4 Å². The van der Waals surface area contributed by atoms with E-state index in [2.05, 4.69) is 17.6 Å². The molecule has 194 valence electrons. The number of nitrogens with one attached hydrogen (secondary N) is 2. The van der Waals surface area contributed by atoms with Crippen LogP contribution >= 0.6 is 0 Å². The first kappa shape index (κ1) is 26.8. The van der Waals surface area contributed by atoms with Crippen LogP contribution in [0.25, 0.3) is 0 Å². The summed E-state index contributed by atoms with van der Waals surface area (Å²) in [5.74, 6) is 0.487. The maximum Gasteiger partial charge on any atom is 0.319 e. The van der Waals surface area contributed by atoms with Crippen molar-refractivity contribution in [1.29, 1.82) is 0 Å². The van der Waals surface area contributed by atoms with Gasteiger partial charge in [0.2, 0.25) is 5.91 Å². The molecule has 1 heterocycles. The van der Waals surface area contributed by atoms with Crippen molar-refractivity contribution in [3.63, 3.8) is 0 Å². The molecule has 0 saturated heterocycles. The second-order valence-corrected chi connectivity index (χ2v) is 9.81. The summed E-state index contributed by atoms with van der Waals surface area (Å²) >= 11 is 0. The van der Waals surface area contributed by atoms with E-state index in [-0.39, 0.29) is 48.4 Å². The van der Waals surface area contributed by atoms with Gasteiger partial charge in [-0.2, -0.15) is 0 Å². The number of fused-ring (bicyclic) bond motifs is 1. The fourth-order valence-electron chi connectivity index (χ4n) is 4.46. The van der Waals surface area contributed by atoms with Gasteiger partial charge >= 0.3 is 6.03 Å². The molecule has 35 heavy (non-hydrogen) atoms. The van der Waals surface area contributed by atoms with E-state index in [4.69, 9.17) is 9.47 Å². The van der Waals surface area contributed by atoms with Crippen LogP contribution in [-0.2, 0) is 9.53 Å². The van der Waals surface area contributed by atoms with Crippen LogP contribution in [0.2, 0.25) is 0 Å². The van der Waals surface area contributed by atoms with Crippen molar-refractivity contribution in [2.24, 2.45) is 11.8 Å². The highest BCUT2D eigenvalue weighted by Gasteiger charge is 2.35. The van der Waals surface area contributed by atoms with Gasteiger partial charge in [-0.3, -0.25) is 9.59 Å². The minimum Gasteiger partial charge on any atom is -0.491 e. The second-order valence-electron chi connectivity index (χ2n) is 9.81. The van der Waals surface area contributed by atoms with Gasteiger partial charge in [0, 0.05) is 51.3 Å². The molecule has 1 aromatic carbocycles. The topological polar surface area (TPSA) is 100 Å². The number of nitrogens with zero attached hydrogens (tertiary/aromatic N) is 2. The molecule has 9 nitrogen and oxygen atoms in total. The lowest BCUT2D eigenvalue weighted by Gasteiger charge is -2.39. The van der Waals surface area contributed by atoms with Crippen LogP contribution in [0.1, 0.15) is 56.8 Å². The first-order valence-corrected chi connectivity index (χ1v) is 12.7. The monoisotopic (exact) mass is 488 g/mol. The first-order valence-electron chi connectivity index (χ1n) is 12.7. The van der Waals surface area contributed by atoms with Crippen LogP contribution in [-0.4, -0.2) is 80.2 Å². The Kier molecular flexibility index (Phi) is 9.37. The van der Waals surface area contributed by atoms with E-state index in [1.807, 2.05) is 18.7 Å². The largest absolute Gasteiger partial charge is 0.491 e. The van der Waals surface area contributed by atoms with E-state index >= 15 is 0 Å². The van der Waals surface area contributed by atoms with E-state index in [1.54, 1.807) is 37.3 Å². The van der Waals surface area contributed by atoms with Crippen LogP contribution in [0.5, 0.6) is 5.75 Å². The van der Waals surface area contributed by atoms with Gasteiger partial charge in [-0.25, -0.2) is 4.79 Å². The number of likely N-dealkylation sites (N-methyl/N-ethyl adjacent to an activating group) is 1. The molecule has 3 rings (SSSR count). The lowest BCUT2D eigenvalue weighted by Crippen LogP contribution is -2.51. The highest BCUT2D eigenvalue weighted by atomic mass is 16.5. The number of hydrogen-bond acceptors (Lipinski definition) is 5. The Bertz CT molecular complexity index is 904. The Balaban J connectivity index is 1.90. The number of anilines is 1. The fourth-order valence-corrected chi connectivity index (χ4v) is 4.46. The van der Waals surface area contributed by atoms with Gasteiger partial charge < -0.3 is 29.9 Å². The number of carbonyl (C=O) groups excluding carboxylic acids is 3. The predicted octanol–water partition coefficient (Wildman–Crippen LogP) is 3.35. The minimum absolute atomic E-state index is 0.0240. The summed E-state index contributed by atoms with van der Waals surface area (Å²) in [5.41, 5.74) is 0.856. The highest BCUT2D eigenvalue weighted by molar-refractivity contribution is 5.99. The number of hydrogen-bond donors (Lipinski definition) is 2. The summed E-state index contributed by atoms with van der Waals surface area (Å²) in [4.78, 5) is 42.3. The summed E-state index contributed by atoms with van der Waals surface area (Å²) in [6, 6.07) is 4.56. The first-order chi connectivity index (χ1) is 16.7. The SMILES string of the molecule is CCCNC(=O)Nc1ccc2c(c1)C(=O)N(C)C[C@H](OC)[C@@H](C)CN(C(=O)C1CCC1)[C@@H](C)CO2. The molecular formula is C26H40N4O5. The molecule has 0 radical (unpaired) electrons. The summed E-state index contributed by atoms with van der Waals surface area (Å²) in [6.07, 6.45) is 3.56. The summed E-state index contributed by atoms with van der Waals surface area (Å²) in [5, 5.41) is 5.54. The Morgan fingerprint density at radius 2 is 1.94 bits per heavy atom. The van der Waals surface area contributed by atoms with Gasteiger partial charge in [0.25, 0.3) is 5.91 Å². The van der Waals surface area contributed by atoms with Gasteiger partial charge in [-0.1, -0.05) is 20.3 Å². The van der Waals surface area contributed by atoms with Crippen molar-refractivity contribution in [2.45, 2.75) is 58.6 Å². The number of ether oxygens (including phenoxy) is 2. The molecule has 1 aliphatic carbocycles. The molecule has 4 amide bonds. The summed E-state index contributed by atoms with van der Waals surface area (Å²) < 4.78 is 11.9. The molecule has 0 unspecified atom stereocenters. The van der Waals surface area contributed by atoms with Gasteiger partial charge in [0.1, 0.15) is 12.4 Å². The van der Waals surface area contributed by atoms with E-state index < -0.39 is 0 Å². The van der Waals surface area contributed by atoms with E-state index in [0.717, 1.165) is 25.7 Å². The lowest BCUT2D eigenvalue weighted by molar-refractivity contribution is -0.142. The Morgan fingerprint density at radius 1 is 1.20 bits per heavy atom. The Morgan fingerprint density at radius 3 is 2.57 bits per heavy atom. The molecule has 1 saturated carbocycles. The maximum absolute atomic E-state index is 13.4. The summed E-state index contributed by atoms with van der Waals surface area (Å²) in [6.45, 7) is 7.75. The van der Waals surface area contributed by atoms with Gasteiger partial charge in [-0.15, -0.1) is 0 Å². The third-order valence-corrected chi connectivity index (χ3v) is 6.98. The number of benzene rings is 1. The van der Waals surface area contributed by atoms with Crippen LogP contribution in [0.3, 0.4) is 0 Å². The van der Waals surface area contributed by atoms with Crippen LogP contribution in [0, 0.1) is 11.8 Å². The number of methoxy groups -OCH3 is 1. The van der Waals surface area contributed by atoms with Crippen molar-refractivity contribution < 1.29 is 23.9 Å². The highest BCUT2D eigenvalue weighted by Crippen LogP contribution is 2.31. The van der Waals surface area contributed by atoms with Crippen LogP contribution < -0.4 is 15.4 Å². The molecule has 1 aliphatic heterocycles. The lowest BCUT2D eigenvalue weighted by atomic mass is 9.83. The zero-order valence-electron chi connectivity index (χ0n) is 21.6. The third kappa shape index (κ3) is 6.66. The normalized spacial score (nSPS) is 23.8. The molecule has 0 aromatic heterocycles. The van der Waals surface area contributed by atoms with E-state index in [0.29, 0.717) is 36.6 Å². The van der Waals surface area contributed by atoms with E-state index in [1.165, 1.54) is 0 Å². The standard InChI is InChI=1S/C26H40N4O5/c1-6-12-27-26(33)28-20-10-11-22-21(13-20)25(32)29(4)15-23(34-5)17(2)14-30(18(3)16-35-22)24(31)19-8-7-9-19/h10-11,13,17-19,23H,6-9,12,14-16H2,1-5H3,(H2,27,28,33)/t17-,18-,23-/m0/s1. The summed E-state index contributed by atoms with van der Waals surface area (Å²) in [7, 11) is 3.37. The number of rotatable bonds is 5. The van der Waals surface area contributed by atoms with Crippen molar-refractivity contribution in [1.82, 2.24) is 15.1 Å². The minimum atomic E-state index is -0.325. The van der Waals surface area contributed by atoms with Crippen LogP contribution in [0.4, 0.5) is 10.5 Å². The number of amides is 4. The smallest absolute Gasteiger partial charge is 0.319 e. The van der Waals surface area contributed by atoms with Crippen molar-refractivity contribution in [2.75, 3.05) is 45.7 Å². The molecule has 0 bridgehead atoms. The molecule has 1 fully saturated rings. The van der Waals surface area contributed by atoms with Crippen molar-refractivity contribution in [3.8, 4) is 5.75 Å². The average Bonchev–Trinajstić information content (AvgIpc) is 2.80. The predicted molar refractivity (Wildman–Crippen MR) is 135 cm³/mol. The number of urea groups is 1. The zero-order valence-corrected chi connectivity index (χ0v) is 21.6. The molecule has 9 heteroatoms. The number of carbonyl (C=O) groups is 3.